The number of carbonyl (C=O) groups is 1. The Labute approximate surface area is 146 Å². The van der Waals surface area contributed by atoms with Crippen molar-refractivity contribution in [3.05, 3.63) is 0 Å². The summed E-state index contributed by atoms with van der Waals surface area (Å²) in [5, 5.41) is 0. The largest absolute Gasteiger partial charge is 0.461 e. The van der Waals surface area contributed by atoms with Crippen LogP contribution in [0.25, 0.3) is 0 Å². The second kappa shape index (κ2) is 3.22. The van der Waals surface area contributed by atoms with Gasteiger partial charge in [0.25, 0.3) is 0 Å². The summed E-state index contributed by atoms with van der Waals surface area (Å²) in [6.07, 6.45) is 5.40. The van der Waals surface area contributed by atoms with Crippen LogP contribution in [0.15, 0.2) is 0 Å². The summed E-state index contributed by atoms with van der Waals surface area (Å²) in [6.45, 7) is 0. The van der Waals surface area contributed by atoms with E-state index in [0.717, 1.165) is 41.9 Å². The van der Waals surface area contributed by atoms with Crippen LogP contribution >= 0.6 is 0 Å². The van der Waals surface area contributed by atoms with Crippen molar-refractivity contribution in [3.8, 4) is 0 Å². The fourth-order valence-electron chi connectivity index (χ4n) is 12.1. The molecule has 0 amide bonds. The average molecular weight is 340 g/mol. The molecule has 2 heterocycles. The summed E-state index contributed by atoms with van der Waals surface area (Å²) in [5.41, 5.74) is -0.455. The van der Waals surface area contributed by atoms with Crippen molar-refractivity contribution < 1.29 is 19.0 Å². The van der Waals surface area contributed by atoms with Crippen molar-refractivity contribution in [1.82, 2.24) is 0 Å². The van der Waals surface area contributed by atoms with E-state index < -0.39 is 11.2 Å². The summed E-state index contributed by atoms with van der Waals surface area (Å²) in [5.74, 6) is 6.89. The molecule has 0 aromatic carbocycles. The standard InChI is InChI=1S/C21H24O4/c1-23-21-18-12-6-2-4-8-11(6)17-14(12)15-13(18)10-7(3-5-9(10)25-21)16(15)20(17,21)19(22)24-8/h6-18H,2-5H2,1H3/t6-,7+,8-,9+,10-,11-,12-,13+,14+,15+,16+,17-,18+,20+,21-/m1/s1. The van der Waals surface area contributed by atoms with Gasteiger partial charge in [-0.15, -0.1) is 0 Å². The zero-order valence-electron chi connectivity index (χ0n) is 14.5. The number of esters is 1. The number of ether oxygens (including phenoxy) is 3. The van der Waals surface area contributed by atoms with Crippen molar-refractivity contribution in [1.29, 1.82) is 0 Å². The molecule has 8 saturated carbocycles. The highest BCUT2D eigenvalue weighted by atomic mass is 16.7. The molecular weight excluding hydrogens is 316 g/mol. The smallest absolute Gasteiger partial charge is 0.318 e. The number of rotatable bonds is 1. The van der Waals surface area contributed by atoms with E-state index in [1.165, 1.54) is 19.3 Å². The summed E-state index contributed by atoms with van der Waals surface area (Å²) < 4.78 is 19.6. The van der Waals surface area contributed by atoms with Gasteiger partial charge in [0.1, 0.15) is 11.5 Å². The Morgan fingerprint density at radius 1 is 0.840 bits per heavy atom. The Morgan fingerprint density at radius 3 is 2.48 bits per heavy atom. The summed E-state index contributed by atoms with van der Waals surface area (Å²) in [4.78, 5) is 13.8. The van der Waals surface area contributed by atoms with Gasteiger partial charge < -0.3 is 14.2 Å². The molecule has 1 spiro atoms. The Morgan fingerprint density at radius 2 is 1.60 bits per heavy atom. The van der Waals surface area contributed by atoms with E-state index in [2.05, 4.69) is 0 Å². The lowest BCUT2D eigenvalue weighted by Crippen LogP contribution is -2.73. The molecule has 10 rings (SSSR count). The van der Waals surface area contributed by atoms with Crippen LogP contribution in [-0.4, -0.2) is 31.1 Å². The number of methoxy groups -OCH3 is 1. The van der Waals surface area contributed by atoms with Gasteiger partial charge in [0.2, 0.25) is 0 Å². The molecule has 0 aromatic heterocycles. The highest BCUT2D eigenvalue weighted by Gasteiger charge is 2.98. The highest BCUT2D eigenvalue weighted by Crippen LogP contribution is 2.93. The monoisotopic (exact) mass is 340 g/mol. The molecule has 4 heteroatoms. The number of hydrogen-bond acceptors (Lipinski definition) is 4. The molecule has 10 fully saturated rings. The predicted octanol–water partition coefficient (Wildman–Crippen LogP) is 2.07. The van der Waals surface area contributed by atoms with E-state index in [1.54, 1.807) is 0 Å². The molecule has 2 aliphatic heterocycles. The van der Waals surface area contributed by atoms with Crippen molar-refractivity contribution in [2.45, 2.75) is 43.7 Å². The van der Waals surface area contributed by atoms with Crippen molar-refractivity contribution in [2.75, 3.05) is 7.11 Å². The summed E-state index contributed by atoms with van der Waals surface area (Å²) >= 11 is 0. The van der Waals surface area contributed by atoms with Crippen LogP contribution in [0.1, 0.15) is 25.7 Å². The van der Waals surface area contributed by atoms with Gasteiger partial charge in [0, 0.05) is 18.9 Å². The molecule has 8 aliphatic carbocycles. The van der Waals surface area contributed by atoms with Crippen LogP contribution < -0.4 is 0 Å². The molecule has 2 saturated heterocycles. The fraction of sp³-hybridized carbons (Fsp3) is 0.952. The topological polar surface area (TPSA) is 44.8 Å². The first-order chi connectivity index (χ1) is 12.3. The molecule has 0 N–H and O–H groups in total. The number of hydrogen-bond donors (Lipinski definition) is 0. The van der Waals surface area contributed by atoms with E-state index in [4.69, 9.17) is 14.2 Å². The number of carbonyl (C=O) groups excluding carboxylic acids is 1. The van der Waals surface area contributed by atoms with Gasteiger partial charge >= 0.3 is 5.97 Å². The van der Waals surface area contributed by atoms with E-state index in [9.17, 15) is 4.79 Å². The quantitative estimate of drug-likeness (QED) is 0.686. The maximum atomic E-state index is 13.8. The first kappa shape index (κ1) is 12.7. The first-order valence-corrected chi connectivity index (χ1v) is 10.7. The van der Waals surface area contributed by atoms with Crippen molar-refractivity contribution in [3.63, 3.8) is 0 Å². The molecule has 4 nitrogen and oxygen atoms in total. The molecule has 9 bridgehead atoms. The molecule has 0 aromatic rings. The Hall–Kier alpha value is -0.610. The Bertz CT molecular complexity index is 780. The second-order valence-electron chi connectivity index (χ2n) is 10.9. The molecule has 0 unspecified atom stereocenters. The molecule has 0 radical (unpaired) electrons. The van der Waals surface area contributed by atoms with Crippen LogP contribution in [-0.2, 0) is 19.0 Å². The van der Waals surface area contributed by atoms with Crippen molar-refractivity contribution in [2.24, 2.45) is 70.5 Å². The predicted molar refractivity (Wildman–Crippen MR) is 83.8 cm³/mol. The van der Waals surface area contributed by atoms with Gasteiger partial charge in [-0.05, 0) is 78.9 Å². The maximum Gasteiger partial charge on any atom is 0.318 e. The molecular formula is C21H24O4. The average Bonchev–Trinajstić information content (AvgIpc) is 3.34. The third-order valence-electron chi connectivity index (χ3n) is 11.5. The van der Waals surface area contributed by atoms with Gasteiger partial charge in [-0.1, -0.05) is 0 Å². The van der Waals surface area contributed by atoms with Crippen LogP contribution in [0.3, 0.4) is 0 Å². The van der Waals surface area contributed by atoms with Crippen LogP contribution in [0.2, 0.25) is 0 Å². The van der Waals surface area contributed by atoms with Crippen LogP contribution in [0.5, 0.6) is 0 Å². The molecule has 15 atom stereocenters. The molecule has 10 aliphatic rings. The molecule has 132 valence electrons. The zero-order valence-corrected chi connectivity index (χ0v) is 14.5. The van der Waals surface area contributed by atoms with Crippen LogP contribution in [0.4, 0.5) is 0 Å². The Kier molecular flexibility index (Phi) is 1.64. The first-order valence-electron chi connectivity index (χ1n) is 10.7. The third kappa shape index (κ3) is 0.818. The lowest BCUT2D eigenvalue weighted by molar-refractivity contribution is -0.389. The third-order valence-corrected chi connectivity index (χ3v) is 11.5. The van der Waals surface area contributed by atoms with E-state index >= 15 is 0 Å². The minimum Gasteiger partial charge on any atom is -0.461 e. The fourth-order valence-corrected chi connectivity index (χ4v) is 12.1. The van der Waals surface area contributed by atoms with E-state index in [1.807, 2.05) is 7.11 Å². The van der Waals surface area contributed by atoms with Crippen LogP contribution in [0, 0.1) is 70.5 Å². The van der Waals surface area contributed by atoms with Gasteiger partial charge in [-0.3, -0.25) is 4.79 Å². The lowest BCUT2D eigenvalue weighted by atomic mass is 9.52. The molecule has 25 heavy (non-hydrogen) atoms. The maximum absolute atomic E-state index is 13.8. The van der Waals surface area contributed by atoms with Gasteiger partial charge in [-0.2, -0.15) is 0 Å². The SMILES string of the molecule is CO[C@]12O[C@H]3CC[C@H]4[C@H]3[C@H]3[C@H]5[C@@H]6[C@@H]([C@@H]7CC[C@H]8OC(=O)[C@@]1([C@@H]6[C@H]78)[C@@H]45)[C@@H]32. The van der Waals surface area contributed by atoms with Gasteiger partial charge in [0.15, 0.2) is 5.79 Å². The summed E-state index contributed by atoms with van der Waals surface area (Å²) in [6, 6.07) is 0. The van der Waals surface area contributed by atoms with E-state index in [0.29, 0.717) is 35.7 Å². The minimum absolute atomic E-state index is 0.0933. The van der Waals surface area contributed by atoms with Gasteiger partial charge in [-0.25, -0.2) is 0 Å². The zero-order chi connectivity index (χ0) is 16.0. The van der Waals surface area contributed by atoms with E-state index in [-0.39, 0.29) is 12.1 Å². The second-order valence-corrected chi connectivity index (χ2v) is 10.9. The van der Waals surface area contributed by atoms with Gasteiger partial charge in [0.05, 0.1) is 6.10 Å². The normalized spacial score (nSPS) is 79.1. The lowest BCUT2D eigenvalue weighted by Gasteiger charge is -2.62. The highest BCUT2D eigenvalue weighted by molar-refractivity contribution is 5.83. The van der Waals surface area contributed by atoms with Crippen molar-refractivity contribution >= 4 is 5.97 Å². The summed E-state index contributed by atoms with van der Waals surface area (Å²) in [7, 11) is 1.84. The Balaban J connectivity index is 1.45. The minimum atomic E-state index is -0.649.